The van der Waals surface area contributed by atoms with Crippen LogP contribution in [0.2, 0.25) is 0 Å². The first kappa shape index (κ1) is 15.5. The number of aromatic nitrogens is 5. The largest absolute Gasteiger partial charge is 0.353 e. The summed E-state index contributed by atoms with van der Waals surface area (Å²) in [6.07, 6.45) is 3.14. The molecule has 3 aromatic heterocycles. The third-order valence-corrected chi connectivity index (χ3v) is 5.51. The number of fused-ring (bicyclic) bond motifs is 2. The van der Waals surface area contributed by atoms with Crippen LogP contribution in [0.4, 0.5) is 5.13 Å². The summed E-state index contributed by atoms with van der Waals surface area (Å²) in [7, 11) is 0. The zero-order chi connectivity index (χ0) is 17.7. The molecule has 1 aliphatic rings. The third-order valence-electron chi connectivity index (χ3n) is 4.64. The standard InChI is InChI=1S/C18H18N6OS/c1-2-11-9-16(25)24-18(20-11)26-17(22-24)19-10-15-21-13-5-3-4-6-14(13)23(15)12-7-8-12/h3-6,9,12H,2,7-8,10H2,1H3,(H,19,22). The molecular weight excluding hydrogens is 348 g/mol. The Morgan fingerprint density at radius 3 is 2.92 bits per heavy atom. The summed E-state index contributed by atoms with van der Waals surface area (Å²) >= 11 is 1.39. The molecule has 0 radical (unpaired) electrons. The Balaban J connectivity index is 1.47. The number of nitrogens with zero attached hydrogens (tertiary/aromatic N) is 5. The van der Waals surface area contributed by atoms with E-state index in [0.29, 0.717) is 22.7 Å². The molecule has 8 heteroatoms. The Kier molecular flexibility index (Phi) is 3.53. The van der Waals surface area contributed by atoms with Gasteiger partial charge in [0.15, 0.2) is 0 Å². The lowest BCUT2D eigenvalue weighted by molar-refractivity contribution is 0.710. The highest BCUT2D eigenvalue weighted by atomic mass is 32.1. The maximum Gasteiger partial charge on any atom is 0.275 e. The molecule has 0 saturated heterocycles. The van der Waals surface area contributed by atoms with Crippen LogP contribution < -0.4 is 10.9 Å². The van der Waals surface area contributed by atoms with E-state index in [9.17, 15) is 4.79 Å². The second-order valence-electron chi connectivity index (χ2n) is 6.51. The molecule has 0 unspecified atom stereocenters. The van der Waals surface area contributed by atoms with E-state index < -0.39 is 0 Å². The number of rotatable bonds is 5. The van der Waals surface area contributed by atoms with Crippen molar-refractivity contribution < 1.29 is 0 Å². The summed E-state index contributed by atoms with van der Waals surface area (Å²) in [4.78, 5) is 22.0. The fraction of sp³-hybridized carbons (Fsp3) is 0.333. The fourth-order valence-corrected chi connectivity index (χ4v) is 4.04. The molecule has 1 aliphatic carbocycles. The number of para-hydroxylation sites is 2. The van der Waals surface area contributed by atoms with Crippen LogP contribution in [0.15, 0.2) is 35.1 Å². The molecular formula is C18H18N6OS. The smallest absolute Gasteiger partial charge is 0.275 e. The van der Waals surface area contributed by atoms with Crippen LogP contribution in [-0.2, 0) is 13.0 Å². The van der Waals surface area contributed by atoms with E-state index in [-0.39, 0.29) is 5.56 Å². The number of nitrogens with one attached hydrogen (secondary N) is 1. The predicted molar refractivity (Wildman–Crippen MR) is 102 cm³/mol. The zero-order valence-electron chi connectivity index (χ0n) is 14.3. The molecule has 26 heavy (non-hydrogen) atoms. The van der Waals surface area contributed by atoms with Gasteiger partial charge in [0.1, 0.15) is 5.82 Å². The van der Waals surface area contributed by atoms with Crippen molar-refractivity contribution in [2.75, 3.05) is 5.32 Å². The minimum Gasteiger partial charge on any atom is -0.353 e. The Hall–Kier alpha value is -2.74. The van der Waals surface area contributed by atoms with Gasteiger partial charge in [0.25, 0.3) is 5.56 Å². The number of hydrogen-bond donors (Lipinski definition) is 1. The average Bonchev–Trinajstić information content (AvgIpc) is 3.28. The van der Waals surface area contributed by atoms with Crippen LogP contribution in [0.1, 0.15) is 37.3 Å². The molecule has 0 spiro atoms. The van der Waals surface area contributed by atoms with E-state index >= 15 is 0 Å². The van der Waals surface area contributed by atoms with Gasteiger partial charge in [0.2, 0.25) is 10.1 Å². The summed E-state index contributed by atoms with van der Waals surface area (Å²) in [5, 5.41) is 8.36. The van der Waals surface area contributed by atoms with Gasteiger partial charge in [-0.1, -0.05) is 30.4 Å². The van der Waals surface area contributed by atoms with Crippen LogP contribution >= 0.6 is 11.3 Å². The van der Waals surface area contributed by atoms with E-state index in [2.05, 4.69) is 32.1 Å². The summed E-state index contributed by atoms with van der Waals surface area (Å²) in [5.41, 5.74) is 2.86. The number of benzene rings is 1. The normalized spacial score (nSPS) is 14.3. The highest BCUT2D eigenvalue weighted by Gasteiger charge is 2.28. The van der Waals surface area contributed by atoms with Gasteiger partial charge >= 0.3 is 0 Å². The summed E-state index contributed by atoms with van der Waals surface area (Å²) in [6, 6.07) is 10.3. The Morgan fingerprint density at radius 1 is 1.27 bits per heavy atom. The maximum absolute atomic E-state index is 12.1. The highest BCUT2D eigenvalue weighted by molar-refractivity contribution is 7.20. The molecule has 0 atom stereocenters. The number of hydrogen-bond acceptors (Lipinski definition) is 6. The Labute approximate surface area is 153 Å². The number of anilines is 1. The van der Waals surface area contributed by atoms with Gasteiger partial charge in [-0.15, -0.1) is 5.10 Å². The lowest BCUT2D eigenvalue weighted by Crippen LogP contribution is -2.15. The van der Waals surface area contributed by atoms with Crippen molar-refractivity contribution in [3.05, 3.63) is 52.2 Å². The van der Waals surface area contributed by atoms with Crippen LogP contribution in [0, 0.1) is 0 Å². The average molecular weight is 366 g/mol. The second kappa shape index (κ2) is 5.91. The molecule has 0 aliphatic heterocycles. The Bertz CT molecular complexity index is 1170. The lowest BCUT2D eigenvalue weighted by Gasteiger charge is -2.07. The molecule has 7 nitrogen and oxygen atoms in total. The number of imidazole rings is 1. The SMILES string of the molecule is CCc1cc(=O)n2nc(NCc3nc4ccccc4n3C3CC3)sc2n1. The van der Waals surface area contributed by atoms with Crippen molar-refractivity contribution in [2.45, 2.75) is 38.8 Å². The van der Waals surface area contributed by atoms with E-state index in [0.717, 1.165) is 23.5 Å². The Morgan fingerprint density at radius 2 is 2.12 bits per heavy atom. The molecule has 1 aromatic carbocycles. The number of aryl methyl sites for hydroxylation is 1. The van der Waals surface area contributed by atoms with Crippen molar-refractivity contribution in [3.63, 3.8) is 0 Å². The molecule has 1 fully saturated rings. The van der Waals surface area contributed by atoms with Gasteiger partial charge in [-0.2, -0.15) is 4.52 Å². The van der Waals surface area contributed by atoms with Crippen molar-refractivity contribution in [1.29, 1.82) is 0 Å². The van der Waals surface area contributed by atoms with E-state index in [1.807, 2.05) is 19.1 Å². The first-order valence-corrected chi connectivity index (χ1v) is 9.64. The van der Waals surface area contributed by atoms with Crippen molar-refractivity contribution >= 4 is 32.5 Å². The minimum atomic E-state index is -0.138. The minimum absolute atomic E-state index is 0.138. The van der Waals surface area contributed by atoms with Crippen molar-refractivity contribution in [3.8, 4) is 0 Å². The van der Waals surface area contributed by atoms with Crippen LogP contribution in [-0.4, -0.2) is 24.1 Å². The maximum atomic E-state index is 12.1. The van der Waals surface area contributed by atoms with Crippen molar-refractivity contribution in [2.24, 2.45) is 0 Å². The van der Waals surface area contributed by atoms with Gasteiger partial charge < -0.3 is 9.88 Å². The van der Waals surface area contributed by atoms with Gasteiger partial charge in [0.05, 0.1) is 17.6 Å². The van der Waals surface area contributed by atoms with Gasteiger partial charge in [-0.05, 0) is 31.4 Å². The molecule has 1 saturated carbocycles. The zero-order valence-corrected chi connectivity index (χ0v) is 15.2. The van der Waals surface area contributed by atoms with E-state index in [1.165, 1.54) is 34.2 Å². The van der Waals surface area contributed by atoms with Gasteiger partial charge in [-0.3, -0.25) is 4.79 Å². The fourth-order valence-electron chi connectivity index (χ4n) is 3.22. The molecule has 0 amide bonds. The van der Waals surface area contributed by atoms with Gasteiger partial charge in [0, 0.05) is 17.8 Å². The van der Waals surface area contributed by atoms with Gasteiger partial charge in [-0.25, -0.2) is 9.97 Å². The van der Waals surface area contributed by atoms with E-state index in [4.69, 9.17) is 4.98 Å². The molecule has 1 N–H and O–H groups in total. The monoisotopic (exact) mass is 366 g/mol. The van der Waals surface area contributed by atoms with Crippen LogP contribution in [0.5, 0.6) is 0 Å². The molecule has 5 rings (SSSR count). The predicted octanol–water partition coefficient (Wildman–Crippen LogP) is 3.01. The van der Waals surface area contributed by atoms with Crippen molar-refractivity contribution in [1.82, 2.24) is 24.1 Å². The second-order valence-corrected chi connectivity index (χ2v) is 7.47. The first-order valence-electron chi connectivity index (χ1n) is 8.82. The molecule has 0 bridgehead atoms. The molecule has 3 heterocycles. The third kappa shape index (κ3) is 2.57. The summed E-state index contributed by atoms with van der Waals surface area (Å²) in [6.45, 7) is 2.56. The lowest BCUT2D eigenvalue weighted by atomic mass is 10.3. The molecule has 132 valence electrons. The summed E-state index contributed by atoms with van der Waals surface area (Å²) < 4.78 is 3.69. The molecule has 4 aromatic rings. The van der Waals surface area contributed by atoms with Crippen LogP contribution in [0.3, 0.4) is 0 Å². The quantitative estimate of drug-likeness (QED) is 0.587. The highest BCUT2D eigenvalue weighted by Crippen LogP contribution is 2.38. The topological polar surface area (TPSA) is 77.1 Å². The van der Waals surface area contributed by atoms with Crippen LogP contribution in [0.25, 0.3) is 16.0 Å². The van der Waals surface area contributed by atoms with E-state index in [1.54, 1.807) is 6.07 Å². The first-order chi connectivity index (χ1) is 12.7. The summed E-state index contributed by atoms with van der Waals surface area (Å²) in [5.74, 6) is 1.00.